The molecule has 1 aromatic carbocycles. The Balaban J connectivity index is 0.00000143. The molecule has 0 heterocycles. The molecule has 0 fully saturated rings. The first-order chi connectivity index (χ1) is 13.4. The second kappa shape index (κ2) is 14.3. The zero-order chi connectivity index (χ0) is 20.9. The maximum atomic E-state index is 11.9. The average molecular weight is 442 g/mol. The molecule has 0 radical (unpaired) electrons. The summed E-state index contributed by atoms with van der Waals surface area (Å²) in [6.45, 7) is 2.02. The van der Waals surface area contributed by atoms with E-state index in [2.05, 4.69) is 10.3 Å². The number of aliphatic imine (C=N–C) groups is 1. The SMILES string of the molecule is CC(=O)[O-].COC1=CC([O-])/C(=C\NCCN=Cc2ccc(OC)cc2[O-])C=C1.[Mn+3]. The summed E-state index contributed by atoms with van der Waals surface area (Å²) in [5.41, 5.74) is 1.15. The number of carboxylic acid groups (broad SMARTS) is 1. The van der Waals surface area contributed by atoms with Crippen molar-refractivity contribution < 1.29 is 46.7 Å². The molecule has 156 valence electrons. The van der Waals surface area contributed by atoms with Crippen LogP contribution in [0.1, 0.15) is 12.5 Å². The third-order valence-corrected chi connectivity index (χ3v) is 3.42. The Labute approximate surface area is 180 Å². The number of aliphatic carboxylic acids is 1. The number of rotatable bonds is 7. The van der Waals surface area contributed by atoms with E-state index in [1.165, 1.54) is 26.4 Å². The summed E-state index contributed by atoms with van der Waals surface area (Å²) >= 11 is 0. The second-order valence-electron chi connectivity index (χ2n) is 5.56. The number of hydrogen-bond donors (Lipinski definition) is 1. The van der Waals surface area contributed by atoms with Crippen LogP contribution in [-0.2, 0) is 26.6 Å². The number of ether oxygens (including phenoxy) is 2. The van der Waals surface area contributed by atoms with Gasteiger partial charge in [-0.15, -0.1) is 0 Å². The molecule has 0 aliphatic heterocycles. The Morgan fingerprint density at radius 3 is 2.52 bits per heavy atom. The number of carbonyl (C=O) groups excluding carboxylic acids is 1. The molecule has 0 saturated carbocycles. The average Bonchev–Trinajstić information content (AvgIpc) is 2.66. The van der Waals surface area contributed by atoms with Crippen molar-refractivity contribution in [3.63, 3.8) is 0 Å². The Kier molecular flexibility index (Phi) is 12.9. The molecule has 0 spiro atoms. The fraction of sp³-hybridized carbons (Fsp3) is 0.300. The smallest absolute Gasteiger partial charge is 0.872 e. The van der Waals surface area contributed by atoms with Gasteiger partial charge in [-0.05, 0) is 42.5 Å². The van der Waals surface area contributed by atoms with Gasteiger partial charge in [-0.2, -0.15) is 0 Å². The summed E-state index contributed by atoms with van der Waals surface area (Å²) in [6, 6.07) is 4.82. The molecule has 8 nitrogen and oxygen atoms in total. The van der Waals surface area contributed by atoms with E-state index in [1.54, 1.807) is 36.7 Å². The number of hydrogen-bond acceptors (Lipinski definition) is 8. The molecule has 0 amide bonds. The Morgan fingerprint density at radius 1 is 1.28 bits per heavy atom. The van der Waals surface area contributed by atoms with Crippen LogP contribution in [0, 0.1) is 0 Å². The quantitative estimate of drug-likeness (QED) is 0.334. The van der Waals surface area contributed by atoms with Gasteiger partial charge in [0.15, 0.2) is 0 Å². The van der Waals surface area contributed by atoms with Gasteiger partial charge in [-0.1, -0.05) is 30.1 Å². The Hall–Kier alpha value is -2.74. The first-order valence-corrected chi connectivity index (χ1v) is 8.43. The van der Waals surface area contributed by atoms with Crippen molar-refractivity contribution >= 4 is 12.2 Å². The summed E-state index contributed by atoms with van der Waals surface area (Å²) in [4.78, 5) is 13.1. The number of carbonyl (C=O) groups is 1. The van der Waals surface area contributed by atoms with Gasteiger partial charge in [0.25, 0.3) is 0 Å². The van der Waals surface area contributed by atoms with Crippen LogP contribution in [0.4, 0.5) is 0 Å². The predicted octanol–water partition coefficient (Wildman–Crippen LogP) is -0.756. The molecular weight excluding hydrogens is 419 g/mol. The number of nitrogens with zero attached hydrogens (tertiary/aromatic N) is 1. The summed E-state index contributed by atoms with van der Waals surface area (Å²) in [5.74, 6) is -0.107. The molecule has 29 heavy (non-hydrogen) atoms. The third-order valence-electron chi connectivity index (χ3n) is 3.42. The van der Waals surface area contributed by atoms with Crippen molar-refractivity contribution in [2.45, 2.75) is 13.0 Å². The Bertz CT molecular complexity index is 770. The first kappa shape index (κ1) is 26.3. The summed E-state index contributed by atoms with van der Waals surface area (Å²) in [6.07, 6.45) is 7.28. The standard InChI is InChI=1S/C18H21N2O4.C2H4O2.Mn/c1-23-15-5-3-13(17(21)9-15)11-19-7-8-20-12-14-4-6-16(24-2)10-18(14)22;1-2(3)4;/h3-6,9-12,17,19,22H,7-8H2,1-2H3;1H3,(H,3,4);/q-1;;+3/p-2/b13-11-,20-12?;;. The van der Waals surface area contributed by atoms with Gasteiger partial charge in [-0.3, -0.25) is 4.99 Å². The van der Waals surface area contributed by atoms with Gasteiger partial charge in [-0.25, -0.2) is 0 Å². The number of carboxylic acids is 1. The maximum absolute atomic E-state index is 11.9. The van der Waals surface area contributed by atoms with Gasteiger partial charge >= 0.3 is 17.1 Å². The van der Waals surface area contributed by atoms with E-state index >= 15 is 0 Å². The molecule has 1 aromatic rings. The van der Waals surface area contributed by atoms with Crippen molar-refractivity contribution in [3.8, 4) is 11.5 Å². The van der Waals surface area contributed by atoms with E-state index < -0.39 is 12.1 Å². The minimum absolute atomic E-state index is 0. The molecule has 1 aliphatic rings. The van der Waals surface area contributed by atoms with Gasteiger partial charge in [0.1, 0.15) is 11.5 Å². The van der Waals surface area contributed by atoms with Gasteiger partial charge in [0.05, 0.1) is 20.8 Å². The van der Waals surface area contributed by atoms with Crippen molar-refractivity contribution in [1.82, 2.24) is 5.32 Å². The van der Waals surface area contributed by atoms with E-state index in [-0.39, 0.29) is 22.8 Å². The molecular formula is C20H23MnN2O6. The molecule has 1 aliphatic carbocycles. The normalized spacial score (nSPS) is 16.3. The molecule has 1 N–H and O–H groups in total. The number of allylic oxidation sites excluding steroid dienone is 1. The molecule has 0 bridgehead atoms. The van der Waals surface area contributed by atoms with Crippen LogP contribution in [0.25, 0.3) is 0 Å². The van der Waals surface area contributed by atoms with Crippen LogP contribution in [0.15, 0.2) is 59.0 Å². The number of methoxy groups -OCH3 is 2. The van der Waals surface area contributed by atoms with Gasteiger partial charge in [0.2, 0.25) is 0 Å². The zero-order valence-electron chi connectivity index (χ0n) is 16.4. The van der Waals surface area contributed by atoms with Gasteiger partial charge < -0.3 is 34.9 Å². The van der Waals surface area contributed by atoms with E-state index in [4.69, 9.17) is 19.4 Å². The van der Waals surface area contributed by atoms with Crippen molar-refractivity contribution in [2.75, 3.05) is 27.3 Å². The van der Waals surface area contributed by atoms with Gasteiger partial charge in [0, 0.05) is 18.7 Å². The maximum Gasteiger partial charge on any atom is 3.00 e. The monoisotopic (exact) mass is 442 g/mol. The molecule has 0 aromatic heterocycles. The predicted molar refractivity (Wildman–Crippen MR) is 99.7 cm³/mol. The van der Waals surface area contributed by atoms with Crippen LogP contribution in [0.5, 0.6) is 11.5 Å². The van der Waals surface area contributed by atoms with Crippen molar-refractivity contribution in [1.29, 1.82) is 0 Å². The van der Waals surface area contributed by atoms with Crippen molar-refractivity contribution in [3.05, 3.63) is 59.5 Å². The van der Waals surface area contributed by atoms with Crippen LogP contribution in [-0.4, -0.2) is 45.6 Å². The van der Waals surface area contributed by atoms with E-state index in [0.717, 1.165) is 6.92 Å². The molecule has 1 atom stereocenters. The Morgan fingerprint density at radius 2 is 1.97 bits per heavy atom. The summed E-state index contributed by atoms with van der Waals surface area (Å²) in [7, 11) is 3.05. The molecule has 0 saturated heterocycles. The molecule has 9 heteroatoms. The molecule has 2 rings (SSSR count). The summed E-state index contributed by atoms with van der Waals surface area (Å²) < 4.78 is 9.99. The topological polar surface area (TPSA) is 129 Å². The number of benzene rings is 1. The van der Waals surface area contributed by atoms with Crippen molar-refractivity contribution in [2.24, 2.45) is 4.99 Å². The fourth-order valence-electron chi connectivity index (χ4n) is 2.07. The van der Waals surface area contributed by atoms with Crippen LogP contribution in [0.3, 0.4) is 0 Å². The fourth-order valence-corrected chi connectivity index (χ4v) is 2.07. The van der Waals surface area contributed by atoms with E-state index in [1.807, 2.05) is 0 Å². The van der Waals surface area contributed by atoms with E-state index in [0.29, 0.717) is 35.7 Å². The molecule has 1 unspecified atom stereocenters. The van der Waals surface area contributed by atoms with Crippen LogP contribution < -0.4 is 25.4 Å². The minimum Gasteiger partial charge on any atom is -0.872 e. The summed E-state index contributed by atoms with van der Waals surface area (Å²) in [5, 5.41) is 35.5. The zero-order valence-corrected chi connectivity index (χ0v) is 17.6. The second-order valence-corrected chi connectivity index (χ2v) is 5.56. The minimum atomic E-state index is -1.08. The largest absolute Gasteiger partial charge is 3.00 e. The first-order valence-electron chi connectivity index (χ1n) is 8.43. The third kappa shape index (κ3) is 10.4. The van der Waals surface area contributed by atoms with Crippen LogP contribution >= 0.6 is 0 Å². The number of nitrogens with one attached hydrogen (secondary N) is 1. The van der Waals surface area contributed by atoms with E-state index in [9.17, 15) is 10.2 Å². The van der Waals surface area contributed by atoms with Crippen LogP contribution in [0.2, 0.25) is 0 Å².